The van der Waals surface area contributed by atoms with E-state index in [1.54, 1.807) is 0 Å². The van der Waals surface area contributed by atoms with E-state index in [1.165, 1.54) is 7.11 Å². The van der Waals surface area contributed by atoms with Gasteiger partial charge in [0.1, 0.15) is 12.3 Å². The van der Waals surface area contributed by atoms with E-state index < -0.39 is 0 Å². The third-order valence-corrected chi connectivity index (χ3v) is 4.19. The molecule has 1 aliphatic rings. The van der Waals surface area contributed by atoms with Crippen molar-refractivity contribution >= 4 is 35.9 Å². The maximum absolute atomic E-state index is 11.8. The largest absolute Gasteiger partial charge is 0.469 e. The molecular weight excluding hydrogens is 423 g/mol. The number of carbonyl (C=O) groups is 1. The molecule has 0 radical (unpaired) electrons. The number of esters is 1. The quantitative estimate of drug-likeness (QED) is 0.328. The third kappa shape index (κ3) is 4.84. The molecule has 0 aliphatic carbocycles. The fourth-order valence-corrected chi connectivity index (χ4v) is 2.77. The average Bonchev–Trinajstić information content (AvgIpc) is 3.06. The van der Waals surface area contributed by atoms with Gasteiger partial charge in [-0.15, -0.1) is 24.0 Å². The molecule has 24 heavy (non-hydrogen) atoms. The lowest BCUT2D eigenvalue weighted by Gasteiger charge is -2.21. The van der Waals surface area contributed by atoms with Crippen LogP contribution in [0.4, 0.5) is 0 Å². The summed E-state index contributed by atoms with van der Waals surface area (Å²) in [6, 6.07) is 0. The lowest BCUT2D eigenvalue weighted by atomic mass is 9.99. The standard InChI is InChI=1S/C16H26N4O3.HI/c1-6-17-16(18-7-14-19-11(3)12(4)23-14)20-8-10(2)13(9-20)15(21)22-5;/h10,13H,6-9H2,1-5H3,(H,17,18);1H. The van der Waals surface area contributed by atoms with Gasteiger partial charge in [-0.25, -0.2) is 9.98 Å². The number of oxazole rings is 1. The zero-order valence-corrected chi connectivity index (χ0v) is 17.3. The minimum atomic E-state index is -0.158. The van der Waals surface area contributed by atoms with E-state index in [4.69, 9.17) is 9.15 Å². The number of halogens is 1. The maximum Gasteiger partial charge on any atom is 0.310 e. The predicted octanol–water partition coefficient (Wildman–Crippen LogP) is 2.12. The van der Waals surface area contributed by atoms with Crippen LogP contribution in [0.2, 0.25) is 0 Å². The van der Waals surface area contributed by atoms with E-state index >= 15 is 0 Å². The summed E-state index contributed by atoms with van der Waals surface area (Å²) in [6.45, 7) is 10.4. The Morgan fingerprint density at radius 3 is 2.71 bits per heavy atom. The molecule has 1 aromatic heterocycles. The second kappa shape index (κ2) is 9.24. The Labute approximate surface area is 160 Å². The monoisotopic (exact) mass is 450 g/mol. The van der Waals surface area contributed by atoms with Gasteiger partial charge in [0.25, 0.3) is 0 Å². The van der Waals surface area contributed by atoms with Crippen LogP contribution in [0.15, 0.2) is 9.41 Å². The second-order valence-electron chi connectivity index (χ2n) is 5.93. The van der Waals surface area contributed by atoms with Gasteiger partial charge in [-0.1, -0.05) is 6.92 Å². The van der Waals surface area contributed by atoms with E-state index in [9.17, 15) is 4.79 Å². The third-order valence-electron chi connectivity index (χ3n) is 4.19. The topological polar surface area (TPSA) is 80.0 Å². The number of aryl methyl sites for hydroxylation is 2. The van der Waals surface area contributed by atoms with Crippen LogP contribution < -0.4 is 5.32 Å². The predicted molar refractivity (Wildman–Crippen MR) is 102 cm³/mol. The first-order valence-electron chi connectivity index (χ1n) is 8.00. The molecule has 0 spiro atoms. The summed E-state index contributed by atoms with van der Waals surface area (Å²) < 4.78 is 10.5. The van der Waals surface area contributed by atoms with Crippen LogP contribution in [0.3, 0.4) is 0 Å². The number of likely N-dealkylation sites (tertiary alicyclic amines) is 1. The number of hydrogen-bond donors (Lipinski definition) is 1. The van der Waals surface area contributed by atoms with Crippen molar-refractivity contribution in [1.82, 2.24) is 15.2 Å². The van der Waals surface area contributed by atoms with E-state index in [-0.39, 0.29) is 41.8 Å². The van der Waals surface area contributed by atoms with E-state index in [0.29, 0.717) is 19.0 Å². The van der Waals surface area contributed by atoms with Gasteiger partial charge >= 0.3 is 5.97 Å². The zero-order valence-electron chi connectivity index (χ0n) is 15.0. The minimum Gasteiger partial charge on any atom is -0.469 e. The smallest absolute Gasteiger partial charge is 0.310 e. The fourth-order valence-electron chi connectivity index (χ4n) is 2.77. The van der Waals surface area contributed by atoms with Crippen LogP contribution in [0, 0.1) is 25.7 Å². The van der Waals surface area contributed by atoms with Gasteiger partial charge in [-0.2, -0.15) is 0 Å². The van der Waals surface area contributed by atoms with Gasteiger partial charge in [0.15, 0.2) is 5.96 Å². The summed E-state index contributed by atoms with van der Waals surface area (Å²) >= 11 is 0. The molecule has 2 unspecified atom stereocenters. The van der Waals surface area contributed by atoms with Crippen LogP contribution in [-0.4, -0.2) is 48.6 Å². The molecule has 2 atom stereocenters. The molecule has 0 bridgehead atoms. The summed E-state index contributed by atoms with van der Waals surface area (Å²) in [5.74, 6) is 2.16. The first kappa shape index (κ1) is 20.7. The highest BCUT2D eigenvalue weighted by molar-refractivity contribution is 14.0. The van der Waals surface area contributed by atoms with Crippen LogP contribution >= 0.6 is 24.0 Å². The number of nitrogens with one attached hydrogen (secondary N) is 1. The first-order chi connectivity index (χ1) is 11.0. The Bertz CT molecular complexity index is 568. The number of rotatable bonds is 4. The average molecular weight is 450 g/mol. The Balaban J connectivity index is 0.00000288. The fraction of sp³-hybridized carbons (Fsp3) is 0.688. The molecule has 2 heterocycles. The molecule has 1 fully saturated rings. The van der Waals surface area contributed by atoms with Crippen molar-refractivity contribution in [3.05, 3.63) is 17.3 Å². The Kier molecular flexibility index (Phi) is 7.98. The van der Waals surface area contributed by atoms with Crippen molar-refractivity contribution in [3.63, 3.8) is 0 Å². The van der Waals surface area contributed by atoms with Gasteiger partial charge < -0.3 is 19.4 Å². The van der Waals surface area contributed by atoms with E-state index in [2.05, 4.69) is 27.1 Å². The lowest BCUT2D eigenvalue weighted by Crippen LogP contribution is -2.40. The van der Waals surface area contributed by atoms with Crippen molar-refractivity contribution in [2.45, 2.75) is 34.2 Å². The van der Waals surface area contributed by atoms with Gasteiger partial charge in [0.05, 0.1) is 18.7 Å². The number of methoxy groups -OCH3 is 1. The number of nitrogens with zero attached hydrogens (tertiary/aromatic N) is 3. The number of ether oxygens (including phenoxy) is 1. The first-order valence-corrected chi connectivity index (χ1v) is 8.00. The highest BCUT2D eigenvalue weighted by Crippen LogP contribution is 2.24. The molecule has 0 amide bonds. The molecule has 1 aliphatic heterocycles. The molecule has 1 saturated heterocycles. The molecule has 2 rings (SSSR count). The summed E-state index contributed by atoms with van der Waals surface area (Å²) in [4.78, 5) is 22.9. The van der Waals surface area contributed by atoms with E-state index in [0.717, 1.165) is 30.5 Å². The highest BCUT2D eigenvalue weighted by Gasteiger charge is 2.36. The molecule has 0 aromatic carbocycles. The van der Waals surface area contributed by atoms with Crippen LogP contribution in [0.5, 0.6) is 0 Å². The molecule has 8 heteroatoms. The van der Waals surface area contributed by atoms with Gasteiger partial charge in [-0.3, -0.25) is 4.79 Å². The van der Waals surface area contributed by atoms with Gasteiger partial charge in [0.2, 0.25) is 5.89 Å². The van der Waals surface area contributed by atoms with Crippen molar-refractivity contribution < 1.29 is 13.9 Å². The number of carbonyl (C=O) groups excluding carboxylic acids is 1. The summed E-state index contributed by atoms with van der Waals surface area (Å²) in [7, 11) is 1.43. The number of aromatic nitrogens is 1. The Morgan fingerprint density at radius 2 is 2.17 bits per heavy atom. The maximum atomic E-state index is 11.8. The van der Waals surface area contributed by atoms with Crippen molar-refractivity contribution in [2.75, 3.05) is 26.7 Å². The lowest BCUT2D eigenvalue weighted by molar-refractivity contribution is -0.145. The van der Waals surface area contributed by atoms with Crippen molar-refractivity contribution in [2.24, 2.45) is 16.8 Å². The van der Waals surface area contributed by atoms with Crippen molar-refractivity contribution in [3.8, 4) is 0 Å². The number of guanidine groups is 1. The van der Waals surface area contributed by atoms with Crippen molar-refractivity contribution in [1.29, 1.82) is 0 Å². The molecule has 7 nitrogen and oxygen atoms in total. The van der Waals surface area contributed by atoms with Gasteiger partial charge in [-0.05, 0) is 26.7 Å². The Hall–Kier alpha value is -1.32. The van der Waals surface area contributed by atoms with Crippen LogP contribution in [0.1, 0.15) is 31.2 Å². The summed E-state index contributed by atoms with van der Waals surface area (Å²) in [5.41, 5.74) is 0.890. The molecule has 1 N–H and O–H groups in total. The number of hydrogen-bond acceptors (Lipinski definition) is 5. The normalized spacial score (nSPS) is 20.7. The molecule has 1 aromatic rings. The summed E-state index contributed by atoms with van der Waals surface area (Å²) in [6.07, 6.45) is 0. The zero-order chi connectivity index (χ0) is 17.0. The summed E-state index contributed by atoms with van der Waals surface area (Å²) in [5, 5.41) is 3.27. The Morgan fingerprint density at radius 1 is 1.46 bits per heavy atom. The van der Waals surface area contributed by atoms with Crippen LogP contribution in [0.25, 0.3) is 0 Å². The SMILES string of the molecule is CCNC(=NCc1nc(C)c(C)o1)N1CC(C)C(C(=O)OC)C1.I. The number of aliphatic imine (C=N–C) groups is 1. The molecule has 0 saturated carbocycles. The second-order valence-corrected chi connectivity index (χ2v) is 5.93. The molecular formula is C16H27IN4O3. The van der Waals surface area contributed by atoms with E-state index in [1.807, 2.05) is 20.8 Å². The molecule has 136 valence electrons. The van der Waals surface area contributed by atoms with Gasteiger partial charge in [0, 0.05) is 19.6 Å². The minimum absolute atomic E-state index is 0. The highest BCUT2D eigenvalue weighted by atomic mass is 127. The van der Waals surface area contributed by atoms with Crippen LogP contribution in [-0.2, 0) is 16.1 Å².